The summed E-state index contributed by atoms with van der Waals surface area (Å²) in [5.74, 6) is 0.779. The number of likely N-dealkylation sites (tertiary alicyclic amines) is 1. The molecule has 1 saturated carbocycles. The summed E-state index contributed by atoms with van der Waals surface area (Å²) in [7, 11) is 1.92. The number of hydrogen-bond acceptors (Lipinski definition) is 3. The molecule has 2 fully saturated rings. The standard InChI is InChI=1S/C20H29N3O2.ClH/c1-22(20(25)18-9-5-8-16(18)14-21)17-10-12-23(13-11-17)19(24)15-6-3-2-4-7-15;/h2-4,6-7,16-18H,5,8-14,21H2,1H3;1H/t16-,18-;/m1./s1. The smallest absolute Gasteiger partial charge is 0.253 e. The molecule has 2 atom stereocenters. The summed E-state index contributed by atoms with van der Waals surface area (Å²) in [4.78, 5) is 29.2. The Labute approximate surface area is 162 Å². The van der Waals surface area contributed by atoms with Gasteiger partial charge < -0.3 is 15.5 Å². The zero-order chi connectivity index (χ0) is 17.8. The lowest BCUT2D eigenvalue weighted by atomic mass is 9.93. The second kappa shape index (κ2) is 9.38. The fourth-order valence-corrected chi connectivity index (χ4v) is 4.31. The molecule has 2 amide bonds. The number of benzene rings is 1. The second-order valence-electron chi connectivity index (χ2n) is 7.37. The van der Waals surface area contributed by atoms with Crippen molar-refractivity contribution in [2.24, 2.45) is 17.6 Å². The van der Waals surface area contributed by atoms with Crippen molar-refractivity contribution < 1.29 is 9.59 Å². The molecule has 5 nitrogen and oxygen atoms in total. The monoisotopic (exact) mass is 379 g/mol. The van der Waals surface area contributed by atoms with Gasteiger partial charge in [0.1, 0.15) is 0 Å². The van der Waals surface area contributed by atoms with Crippen molar-refractivity contribution in [2.45, 2.75) is 38.1 Å². The fourth-order valence-electron chi connectivity index (χ4n) is 4.31. The molecule has 1 aromatic rings. The van der Waals surface area contributed by atoms with Gasteiger partial charge in [0.15, 0.2) is 0 Å². The van der Waals surface area contributed by atoms with Gasteiger partial charge in [-0.05, 0) is 50.3 Å². The van der Waals surface area contributed by atoms with Gasteiger partial charge in [-0.15, -0.1) is 12.4 Å². The third-order valence-corrected chi connectivity index (χ3v) is 5.95. The van der Waals surface area contributed by atoms with Crippen LogP contribution in [0.25, 0.3) is 0 Å². The Morgan fingerprint density at radius 3 is 2.38 bits per heavy atom. The summed E-state index contributed by atoms with van der Waals surface area (Å²) >= 11 is 0. The van der Waals surface area contributed by atoms with Gasteiger partial charge in [0.2, 0.25) is 5.91 Å². The molecule has 1 heterocycles. The maximum absolute atomic E-state index is 12.8. The van der Waals surface area contributed by atoms with Gasteiger partial charge in [0.25, 0.3) is 5.91 Å². The predicted molar refractivity (Wildman–Crippen MR) is 105 cm³/mol. The first kappa shape index (κ1) is 20.7. The molecule has 1 aliphatic carbocycles. The van der Waals surface area contributed by atoms with Gasteiger partial charge in [-0.3, -0.25) is 9.59 Å². The molecular weight excluding hydrogens is 350 g/mol. The van der Waals surface area contributed by atoms with Crippen LogP contribution in [0.15, 0.2) is 30.3 Å². The highest BCUT2D eigenvalue weighted by Crippen LogP contribution is 2.33. The number of hydrogen-bond donors (Lipinski definition) is 1. The van der Waals surface area contributed by atoms with E-state index in [1.54, 1.807) is 0 Å². The summed E-state index contributed by atoms with van der Waals surface area (Å²) in [6.45, 7) is 2.02. The quantitative estimate of drug-likeness (QED) is 0.874. The molecular formula is C20H30ClN3O2. The zero-order valence-electron chi connectivity index (χ0n) is 15.5. The van der Waals surface area contributed by atoms with Crippen LogP contribution >= 0.6 is 12.4 Å². The highest BCUT2D eigenvalue weighted by molar-refractivity contribution is 5.94. The zero-order valence-corrected chi connectivity index (χ0v) is 16.3. The number of carbonyl (C=O) groups is 2. The summed E-state index contributed by atoms with van der Waals surface area (Å²) in [5, 5.41) is 0. The van der Waals surface area contributed by atoms with Crippen LogP contribution in [0, 0.1) is 11.8 Å². The molecule has 26 heavy (non-hydrogen) atoms. The van der Waals surface area contributed by atoms with Crippen molar-refractivity contribution >= 4 is 24.2 Å². The van der Waals surface area contributed by atoms with Crippen LogP contribution in [0.4, 0.5) is 0 Å². The van der Waals surface area contributed by atoms with Gasteiger partial charge in [0, 0.05) is 37.7 Å². The number of carbonyl (C=O) groups excluding carboxylic acids is 2. The third-order valence-electron chi connectivity index (χ3n) is 5.95. The lowest BCUT2D eigenvalue weighted by Gasteiger charge is -2.38. The normalized spacial score (nSPS) is 23.4. The van der Waals surface area contributed by atoms with Gasteiger partial charge in [-0.1, -0.05) is 24.6 Å². The van der Waals surface area contributed by atoms with Crippen molar-refractivity contribution in [3.05, 3.63) is 35.9 Å². The Balaban J connectivity index is 0.00000243. The number of nitrogens with two attached hydrogens (primary N) is 1. The maximum Gasteiger partial charge on any atom is 0.253 e. The number of rotatable bonds is 4. The average Bonchev–Trinajstić information content (AvgIpc) is 3.16. The molecule has 0 bridgehead atoms. The minimum absolute atomic E-state index is 0. The molecule has 3 rings (SSSR count). The molecule has 6 heteroatoms. The minimum atomic E-state index is 0. The van der Waals surface area contributed by atoms with Crippen LogP contribution in [0.2, 0.25) is 0 Å². The van der Waals surface area contributed by atoms with Crippen molar-refractivity contribution in [1.29, 1.82) is 0 Å². The van der Waals surface area contributed by atoms with Crippen LogP contribution in [-0.4, -0.2) is 54.3 Å². The molecule has 2 aliphatic rings. The van der Waals surface area contributed by atoms with Gasteiger partial charge >= 0.3 is 0 Å². The van der Waals surface area contributed by atoms with E-state index in [2.05, 4.69) is 0 Å². The number of piperidine rings is 1. The highest BCUT2D eigenvalue weighted by atomic mass is 35.5. The van der Waals surface area contributed by atoms with Crippen molar-refractivity contribution in [3.63, 3.8) is 0 Å². The first-order valence-corrected chi connectivity index (χ1v) is 9.43. The van der Waals surface area contributed by atoms with E-state index in [0.29, 0.717) is 25.6 Å². The Morgan fingerprint density at radius 1 is 1.12 bits per heavy atom. The van der Waals surface area contributed by atoms with E-state index >= 15 is 0 Å². The number of halogens is 1. The third kappa shape index (κ3) is 4.38. The predicted octanol–water partition coefficient (Wildman–Crippen LogP) is 2.55. The number of nitrogens with zero attached hydrogens (tertiary/aromatic N) is 2. The molecule has 144 valence electrons. The van der Waals surface area contributed by atoms with E-state index < -0.39 is 0 Å². The molecule has 0 aromatic heterocycles. The summed E-state index contributed by atoms with van der Waals surface area (Å²) < 4.78 is 0. The molecule has 0 radical (unpaired) electrons. The van der Waals surface area contributed by atoms with Crippen molar-refractivity contribution in [1.82, 2.24) is 9.80 Å². The second-order valence-corrected chi connectivity index (χ2v) is 7.37. The van der Waals surface area contributed by atoms with Crippen LogP contribution in [0.5, 0.6) is 0 Å². The van der Waals surface area contributed by atoms with E-state index in [1.165, 1.54) is 0 Å². The Hall–Kier alpha value is -1.59. The Kier molecular flexibility index (Phi) is 7.47. The topological polar surface area (TPSA) is 66.6 Å². The summed E-state index contributed by atoms with van der Waals surface area (Å²) in [6, 6.07) is 9.64. The molecule has 2 N–H and O–H groups in total. The lowest BCUT2D eigenvalue weighted by Crippen LogP contribution is -2.49. The maximum atomic E-state index is 12.8. The van der Waals surface area contributed by atoms with E-state index in [4.69, 9.17) is 5.73 Å². The first-order chi connectivity index (χ1) is 12.1. The largest absolute Gasteiger partial charge is 0.342 e. The van der Waals surface area contributed by atoms with Crippen LogP contribution in [0.3, 0.4) is 0 Å². The Bertz CT molecular complexity index is 602. The van der Waals surface area contributed by atoms with E-state index in [9.17, 15) is 9.59 Å². The molecule has 1 aliphatic heterocycles. The molecule has 0 spiro atoms. The minimum Gasteiger partial charge on any atom is -0.342 e. The Morgan fingerprint density at radius 2 is 1.77 bits per heavy atom. The van der Waals surface area contributed by atoms with E-state index in [0.717, 1.165) is 37.7 Å². The van der Waals surface area contributed by atoms with Crippen LogP contribution in [-0.2, 0) is 4.79 Å². The van der Waals surface area contributed by atoms with Gasteiger partial charge in [-0.2, -0.15) is 0 Å². The summed E-state index contributed by atoms with van der Waals surface area (Å²) in [6.07, 6.45) is 4.85. The van der Waals surface area contributed by atoms with Crippen molar-refractivity contribution in [3.8, 4) is 0 Å². The molecule has 1 saturated heterocycles. The van der Waals surface area contributed by atoms with E-state index in [1.807, 2.05) is 47.2 Å². The van der Waals surface area contributed by atoms with Gasteiger partial charge in [-0.25, -0.2) is 0 Å². The van der Waals surface area contributed by atoms with Gasteiger partial charge in [0.05, 0.1) is 0 Å². The SMILES string of the molecule is CN(C(=O)[C@@H]1CCC[C@@H]1CN)C1CCN(C(=O)c2ccccc2)CC1.Cl. The van der Waals surface area contributed by atoms with Crippen molar-refractivity contribution in [2.75, 3.05) is 26.7 Å². The van der Waals surface area contributed by atoms with E-state index in [-0.39, 0.29) is 36.2 Å². The summed E-state index contributed by atoms with van der Waals surface area (Å²) in [5.41, 5.74) is 6.57. The average molecular weight is 380 g/mol. The lowest BCUT2D eigenvalue weighted by molar-refractivity contribution is -0.138. The fraction of sp³-hybridized carbons (Fsp3) is 0.600. The van der Waals surface area contributed by atoms with Crippen LogP contribution < -0.4 is 5.73 Å². The first-order valence-electron chi connectivity index (χ1n) is 9.43. The molecule has 1 aromatic carbocycles. The molecule has 0 unspecified atom stereocenters. The number of amides is 2. The highest BCUT2D eigenvalue weighted by Gasteiger charge is 2.36. The van der Waals surface area contributed by atoms with Crippen LogP contribution in [0.1, 0.15) is 42.5 Å².